The fourth-order valence-corrected chi connectivity index (χ4v) is 4.76. The summed E-state index contributed by atoms with van der Waals surface area (Å²) in [5.74, 6) is 0.694. The normalized spacial score (nSPS) is 21.4. The first-order valence-corrected chi connectivity index (χ1v) is 11.6. The van der Waals surface area contributed by atoms with E-state index in [1.165, 1.54) is 11.3 Å². The third-order valence-electron chi connectivity index (χ3n) is 6.50. The van der Waals surface area contributed by atoms with Crippen LogP contribution in [0.15, 0.2) is 54.6 Å². The number of para-hydroxylation sites is 1. The molecule has 2 aliphatic heterocycles. The molecule has 2 atom stereocenters. The van der Waals surface area contributed by atoms with Crippen molar-refractivity contribution >= 4 is 17.5 Å². The summed E-state index contributed by atoms with van der Waals surface area (Å²) in [4.78, 5) is 32.1. The van der Waals surface area contributed by atoms with E-state index in [1.807, 2.05) is 35.2 Å². The van der Waals surface area contributed by atoms with Gasteiger partial charge >= 0.3 is 0 Å². The highest BCUT2D eigenvalue weighted by molar-refractivity contribution is 5.82. The van der Waals surface area contributed by atoms with Crippen LogP contribution in [0, 0.1) is 12.8 Å². The summed E-state index contributed by atoms with van der Waals surface area (Å²) in [6, 6.07) is 18.2. The van der Waals surface area contributed by atoms with Crippen molar-refractivity contribution in [1.29, 1.82) is 0 Å². The molecular weight excluding hydrogens is 402 g/mol. The van der Waals surface area contributed by atoms with E-state index in [9.17, 15) is 9.59 Å². The zero-order chi connectivity index (χ0) is 22.5. The monoisotopic (exact) mass is 435 g/mol. The van der Waals surface area contributed by atoms with Crippen LogP contribution in [0.25, 0.3) is 0 Å². The van der Waals surface area contributed by atoms with E-state index < -0.39 is 0 Å². The van der Waals surface area contributed by atoms with E-state index in [2.05, 4.69) is 43.0 Å². The predicted molar refractivity (Wildman–Crippen MR) is 126 cm³/mol. The average molecular weight is 436 g/mol. The topological polar surface area (TPSA) is 53.1 Å². The summed E-state index contributed by atoms with van der Waals surface area (Å²) in [5, 5.41) is 0. The Bertz CT molecular complexity index is 933. The maximum atomic E-state index is 13.3. The minimum absolute atomic E-state index is 0.0110. The molecule has 0 spiro atoms. The molecule has 2 heterocycles. The van der Waals surface area contributed by atoms with Crippen LogP contribution in [0.3, 0.4) is 0 Å². The van der Waals surface area contributed by atoms with Gasteiger partial charge in [0.05, 0.1) is 5.92 Å². The molecule has 1 unspecified atom stereocenters. The van der Waals surface area contributed by atoms with Gasteiger partial charge in [-0.05, 0) is 56.5 Å². The van der Waals surface area contributed by atoms with E-state index in [4.69, 9.17) is 4.74 Å². The number of anilines is 1. The largest absolute Gasteiger partial charge is 0.484 e. The maximum Gasteiger partial charge on any atom is 0.260 e. The van der Waals surface area contributed by atoms with E-state index in [-0.39, 0.29) is 30.4 Å². The summed E-state index contributed by atoms with van der Waals surface area (Å²) in [6.45, 7) is 7.75. The number of amides is 2. The Labute approximate surface area is 190 Å². The Hall–Kier alpha value is -3.02. The van der Waals surface area contributed by atoms with E-state index in [1.54, 1.807) is 4.90 Å². The number of nitrogens with zero attached hydrogens (tertiary/aromatic N) is 3. The van der Waals surface area contributed by atoms with Crippen LogP contribution in [0.5, 0.6) is 5.75 Å². The number of rotatable bonds is 5. The van der Waals surface area contributed by atoms with Crippen molar-refractivity contribution in [3.8, 4) is 5.75 Å². The second-order valence-corrected chi connectivity index (χ2v) is 8.95. The number of hydrogen-bond acceptors (Lipinski definition) is 4. The lowest BCUT2D eigenvalue weighted by Crippen LogP contribution is -2.56. The molecule has 2 aromatic carbocycles. The third kappa shape index (κ3) is 5.23. The maximum absolute atomic E-state index is 13.3. The number of hydrogen-bond donors (Lipinski definition) is 0. The molecule has 32 heavy (non-hydrogen) atoms. The van der Waals surface area contributed by atoms with Crippen LogP contribution in [0.2, 0.25) is 0 Å². The van der Waals surface area contributed by atoms with E-state index in [0.717, 1.165) is 25.9 Å². The predicted octanol–water partition coefficient (Wildman–Crippen LogP) is 3.35. The fourth-order valence-electron chi connectivity index (χ4n) is 4.76. The minimum atomic E-state index is -0.123. The lowest BCUT2D eigenvalue weighted by molar-refractivity contribution is -0.142. The van der Waals surface area contributed by atoms with Crippen molar-refractivity contribution in [2.75, 3.05) is 44.2 Å². The summed E-state index contributed by atoms with van der Waals surface area (Å²) in [5.41, 5.74) is 2.47. The summed E-state index contributed by atoms with van der Waals surface area (Å²) < 4.78 is 5.62. The van der Waals surface area contributed by atoms with Crippen LogP contribution in [-0.2, 0) is 9.59 Å². The van der Waals surface area contributed by atoms with Crippen molar-refractivity contribution in [2.24, 2.45) is 5.92 Å². The van der Waals surface area contributed by atoms with Crippen LogP contribution >= 0.6 is 0 Å². The molecule has 2 aromatic rings. The molecule has 0 radical (unpaired) electrons. The zero-order valence-electron chi connectivity index (χ0n) is 19.1. The van der Waals surface area contributed by atoms with Crippen LogP contribution < -0.4 is 9.64 Å². The molecule has 6 nitrogen and oxygen atoms in total. The van der Waals surface area contributed by atoms with Crippen molar-refractivity contribution in [2.45, 2.75) is 32.7 Å². The van der Waals surface area contributed by atoms with Crippen molar-refractivity contribution in [1.82, 2.24) is 9.80 Å². The molecule has 2 saturated heterocycles. The molecular formula is C26H33N3O3. The number of piperazine rings is 1. The van der Waals surface area contributed by atoms with Gasteiger partial charge in [0.15, 0.2) is 6.61 Å². The Balaban J connectivity index is 1.31. The Morgan fingerprint density at radius 3 is 2.53 bits per heavy atom. The summed E-state index contributed by atoms with van der Waals surface area (Å²) in [7, 11) is 0. The third-order valence-corrected chi connectivity index (χ3v) is 6.50. The number of likely N-dealkylation sites (tertiary alicyclic amines) is 1. The average Bonchev–Trinajstić information content (AvgIpc) is 2.82. The molecule has 0 bridgehead atoms. The van der Waals surface area contributed by atoms with Gasteiger partial charge in [0.25, 0.3) is 5.91 Å². The van der Waals surface area contributed by atoms with Gasteiger partial charge in [-0.1, -0.05) is 30.3 Å². The quantitative estimate of drug-likeness (QED) is 0.723. The second kappa shape index (κ2) is 10.1. The van der Waals surface area contributed by atoms with Crippen LogP contribution in [0.1, 0.15) is 25.3 Å². The smallest absolute Gasteiger partial charge is 0.260 e. The molecule has 0 aromatic heterocycles. The number of piperidine rings is 1. The van der Waals surface area contributed by atoms with Gasteiger partial charge in [-0.3, -0.25) is 9.59 Å². The second-order valence-electron chi connectivity index (χ2n) is 8.95. The van der Waals surface area contributed by atoms with Gasteiger partial charge in [-0.25, -0.2) is 0 Å². The van der Waals surface area contributed by atoms with Gasteiger partial charge in [-0.2, -0.15) is 0 Å². The molecule has 2 aliphatic rings. The first-order chi connectivity index (χ1) is 15.5. The van der Waals surface area contributed by atoms with Gasteiger partial charge in [0, 0.05) is 44.5 Å². The van der Waals surface area contributed by atoms with Crippen molar-refractivity contribution < 1.29 is 14.3 Å². The number of aryl methyl sites for hydroxylation is 1. The first-order valence-electron chi connectivity index (χ1n) is 11.6. The molecule has 6 heteroatoms. The zero-order valence-corrected chi connectivity index (χ0v) is 19.1. The standard InChI is InChI=1S/C26H33N3O3/c1-20-8-6-10-23(16-20)29-15-14-28(17-21(29)2)26(31)22-9-7-13-27(18-22)25(30)19-32-24-11-4-3-5-12-24/h3-6,8,10-12,16,21-22H,7,9,13-15,17-19H2,1-2H3/t21?,22-/m0/s1. The lowest BCUT2D eigenvalue weighted by Gasteiger charge is -2.43. The highest BCUT2D eigenvalue weighted by atomic mass is 16.5. The molecule has 170 valence electrons. The van der Waals surface area contributed by atoms with Crippen LogP contribution in [-0.4, -0.2) is 67.0 Å². The van der Waals surface area contributed by atoms with Gasteiger partial charge in [0.2, 0.25) is 5.91 Å². The van der Waals surface area contributed by atoms with E-state index >= 15 is 0 Å². The Morgan fingerprint density at radius 2 is 1.78 bits per heavy atom. The Kier molecular flexibility index (Phi) is 6.98. The number of carbonyl (C=O) groups is 2. The SMILES string of the molecule is Cc1cccc(N2CCN(C(=O)[C@H]3CCCN(C(=O)COc4ccccc4)C3)CC2C)c1. The van der Waals surface area contributed by atoms with Crippen LogP contribution in [0.4, 0.5) is 5.69 Å². The summed E-state index contributed by atoms with van der Waals surface area (Å²) in [6.07, 6.45) is 1.70. The van der Waals surface area contributed by atoms with Gasteiger partial charge < -0.3 is 19.4 Å². The van der Waals surface area contributed by atoms with Crippen molar-refractivity contribution in [3.63, 3.8) is 0 Å². The highest BCUT2D eigenvalue weighted by Crippen LogP contribution is 2.25. The highest BCUT2D eigenvalue weighted by Gasteiger charge is 2.34. The molecule has 0 aliphatic carbocycles. The number of benzene rings is 2. The lowest BCUT2D eigenvalue weighted by atomic mass is 9.95. The van der Waals surface area contributed by atoms with Crippen molar-refractivity contribution in [3.05, 3.63) is 60.2 Å². The minimum Gasteiger partial charge on any atom is -0.484 e. The van der Waals surface area contributed by atoms with E-state index in [0.29, 0.717) is 25.4 Å². The molecule has 2 amide bonds. The molecule has 2 fully saturated rings. The van der Waals surface area contributed by atoms with Gasteiger partial charge in [0.1, 0.15) is 5.75 Å². The molecule has 0 N–H and O–H groups in total. The van der Waals surface area contributed by atoms with Gasteiger partial charge in [-0.15, -0.1) is 0 Å². The fraction of sp³-hybridized carbons (Fsp3) is 0.462. The summed E-state index contributed by atoms with van der Waals surface area (Å²) >= 11 is 0. The number of carbonyl (C=O) groups excluding carboxylic acids is 2. The molecule has 0 saturated carbocycles. The number of ether oxygens (including phenoxy) is 1. The first kappa shape index (κ1) is 22.2. The Morgan fingerprint density at radius 1 is 0.969 bits per heavy atom. The molecule has 4 rings (SSSR count).